The van der Waals surface area contributed by atoms with E-state index in [0.29, 0.717) is 6.54 Å². The summed E-state index contributed by atoms with van der Waals surface area (Å²) in [4.78, 5) is 23.2. The fourth-order valence-corrected chi connectivity index (χ4v) is 3.20. The largest absolute Gasteiger partial charge is 0.481 e. The van der Waals surface area contributed by atoms with Crippen molar-refractivity contribution in [2.75, 3.05) is 0 Å². The van der Waals surface area contributed by atoms with E-state index in [2.05, 4.69) is 33.0 Å². The van der Waals surface area contributed by atoms with Gasteiger partial charge in [0.2, 0.25) is 5.91 Å². The Morgan fingerprint density at radius 1 is 1.10 bits per heavy atom. The van der Waals surface area contributed by atoms with Gasteiger partial charge in [-0.25, -0.2) is 0 Å². The van der Waals surface area contributed by atoms with Crippen LogP contribution in [0.3, 0.4) is 0 Å². The van der Waals surface area contributed by atoms with Gasteiger partial charge in [0.1, 0.15) is 0 Å². The van der Waals surface area contributed by atoms with Crippen molar-refractivity contribution in [2.24, 2.45) is 16.7 Å². The second-order valence-electron chi connectivity index (χ2n) is 6.93. The van der Waals surface area contributed by atoms with Crippen molar-refractivity contribution in [3.63, 3.8) is 0 Å². The first kappa shape index (κ1) is 15.5. The molecule has 114 valence electrons. The first-order valence-electron chi connectivity index (χ1n) is 7.24. The summed E-state index contributed by atoms with van der Waals surface area (Å²) in [6.45, 7) is 8.81. The number of carbonyl (C=O) groups is 2. The Bertz CT molecular complexity index is 561. The summed E-state index contributed by atoms with van der Waals surface area (Å²) in [5.41, 5.74) is 1.64. The van der Waals surface area contributed by atoms with Gasteiger partial charge >= 0.3 is 5.97 Å². The molecule has 0 spiro atoms. The number of nitrogens with one attached hydrogen (secondary N) is 1. The molecule has 4 heteroatoms. The highest BCUT2D eigenvalue weighted by atomic mass is 16.4. The molecule has 0 atom stereocenters. The standard InChI is InChI=1S/C17H23NO3/c1-16(2)14(17(16,3)4)15(21)18-10-12-8-6-5-7-11(12)9-13(19)20/h5-8,14H,9-10H2,1-4H3,(H,18,21)(H,19,20). The fourth-order valence-electron chi connectivity index (χ4n) is 3.20. The first-order valence-corrected chi connectivity index (χ1v) is 7.24. The van der Waals surface area contributed by atoms with Crippen LogP contribution >= 0.6 is 0 Å². The van der Waals surface area contributed by atoms with Crippen LogP contribution in [-0.2, 0) is 22.6 Å². The van der Waals surface area contributed by atoms with Crippen molar-refractivity contribution in [1.82, 2.24) is 5.32 Å². The van der Waals surface area contributed by atoms with Gasteiger partial charge < -0.3 is 10.4 Å². The third kappa shape index (κ3) is 2.80. The molecule has 0 radical (unpaired) electrons. The van der Waals surface area contributed by atoms with Crippen molar-refractivity contribution in [3.05, 3.63) is 35.4 Å². The molecule has 0 heterocycles. The number of hydrogen-bond donors (Lipinski definition) is 2. The lowest BCUT2D eigenvalue weighted by Gasteiger charge is -2.10. The van der Waals surface area contributed by atoms with E-state index < -0.39 is 5.97 Å². The summed E-state index contributed by atoms with van der Waals surface area (Å²) < 4.78 is 0. The number of carboxylic acid groups (broad SMARTS) is 1. The number of carboxylic acids is 1. The molecule has 1 saturated carbocycles. The molecule has 0 saturated heterocycles. The number of amides is 1. The molecule has 1 amide bonds. The maximum absolute atomic E-state index is 12.3. The molecule has 1 aromatic rings. The summed E-state index contributed by atoms with van der Waals surface area (Å²) in [5, 5.41) is 11.9. The number of carbonyl (C=O) groups excluding carboxylic acids is 1. The van der Waals surface area contributed by atoms with Crippen LogP contribution in [0.4, 0.5) is 0 Å². The van der Waals surface area contributed by atoms with Crippen molar-refractivity contribution in [2.45, 2.75) is 40.7 Å². The van der Waals surface area contributed by atoms with Crippen LogP contribution in [0.5, 0.6) is 0 Å². The predicted octanol–water partition coefficient (Wildman–Crippen LogP) is 2.61. The Hall–Kier alpha value is -1.84. The lowest BCUT2D eigenvalue weighted by molar-refractivity contribution is -0.136. The van der Waals surface area contributed by atoms with E-state index >= 15 is 0 Å². The topological polar surface area (TPSA) is 66.4 Å². The Morgan fingerprint density at radius 3 is 2.10 bits per heavy atom. The maximum atomic E-state index is 12.3. The van der Waals surface area contributed by atoms with Crippen LogP contribution in [0.2, 0.25) is 0 Å². The van der Waals surface area contributed by atoms with Crippen molar-refractivity contribution in [1.29, 1.82) is 0 Å². The number of hydrogen-bond acceptors (Lipinski definition) is 2. The van der Waals surface area contributed by atoms with Gasteiger partial charge in [-0.15, -0.1) is 0 Å². The average molecular weight is 289 g/mol. The van der Waals surface area contributed by atoms with Gasteiger partial charge in [-0.1, -0.05) is 52.0 Å². The fraction of sp³-hybridized carbons (Fsp3) is 0.529. The maximum Gasteiger partial charge on any atom is 0.307 e. The minimum Gasteiger partial charge on any atom is -0.481 e. The summed E-state index contributed by atoms with van der Waals surface area (Å²) in [5.74, 6) is -0.801. The molecule has 1 aliphatic rings. The number of rotatable bonds is 5. The highest BCUT2D eigenvalue weighted by molar-refractivity contribution is 5.84. The van der Waals surface area contributed by atoms with Crippen molar-refractivity contribution >= 4 is 11.9 Å². The molecule has 2 N–H and O–H groups in total. The minimum atomic E-state index is -0.863. The third-order valence-electron chi connectivity index (χ3n) is 5.20. The quantitative estimate of drug-likeness (QED) is 0.875. The van der Waals surface area contributed by atoms with Crippen LogP contribution in [0, 0.1) is 16.7 Å². The van der Waals surface area contributed by atoms with Gasteiger partial charge in [0.25, 0.3) is 0 Å². The highest BCUT2D eigenvalue weighted by Crippen LogP contribution is 2.68. The number of aliphatic carboxylic acids is 1. The van der Waals surface area contributed by atoms with E-state index in [1.165, 1.54) is 0 Å². The molecule has 0 bridgehead atoms. The molecule has 4 nitrogen and oxygen atoms in total. The van der Waals surface area contributed by atoms with Crippen molar-refractivity contribution < 1.29 is 14.7 Å². The molecule has 0 unspecified atom stereocenters. The van der Waals surface area contributed by atoms with Gasteiger partial charge in [-0.2, -0.15) is 0 Å². The van der Waals surface area contributed by atoms with E-state index in [1.807, 2.05) is 18.2 Å². The van der Waals surface area contributed by atoms with Crippen LogP contribution in [0.15, 0.2) is 24.3 Å². The van der Waals surface area contributed by atoms with E-state index in [1.54, 1.807) is 6.07 Å². The lowest BCUT2D eigenvalue weighted by atomic mass is 10.0. The van der Waals surface area contributed by atoms with E-state index in [0.717, 1.165) is 11.1 Å². The highest BCUT2D eigenvalue weighted by Gasteiger charge is 2.68. The van der Waals surface area contributed by atoms with Gasteiger partial charge in [-0.05, 0) is 22.0 Å². The second kappa shape index (κ2) is 5.17. The van der Waals surface area contributed by atoms with Crippen LogP contribution in [0.25, 0.3) is 0 Å². The Morgan fingerprint density at radius 2 is 1.62 bits per heavy atom. The first-order chi connectivity index (χ1) is 9.68. The second-order valence-corrected chi connectivity index (χ2v) is 6.93. The molecule has 1 fully saturated rings. The zero-order valence-corrected chi connectivity index (χ0v) is 13.1. The molecular formula is C17H23NO3. The van der Waals surface area contributed by atoms with Gasteiger partial charge in [0.05, 0.1) is 6.42 Å². The average Bonchev–Trinajstić information content (AvgIpc) is 2.77. The zero-order valence-electron chi connectivity index (χ0n) is 13.1. The predicted molar refractivity (Wildman–Crippen MR) is 80.7 cm³/mol. The Kier molecular flexibility index (Phi) is 3.83. The molecule has 1 aliphatic carbocycles. The van der Waals surface area contributed by atoms with Crippen molar-refractivity contribution in [3.8, 4) is 0 Å². The van der Waals surface area contributed by atoms with Crippen LogP contribution < -0.4 is 5.32 Å². The normalized spacial score (nSPS) is 19.0. The summed E-state index contributed by atoms with van der Waals surface area (Å²) in [6, 6.07) is 7.33. The van der Waals surface area contributed by atoms with E-state index in [-0.39, 0.29) is 29.1 Å². The SMILES string of the molecule is CC1(C)C(C(=O)NCc2ccccc2CC(=O)O)C1(C)C. The van der Waals surface area contributed by atoms with Crippen LogP contribution in [-0.4, -0.2) is 17.0 Å². The van der Waals surface area contributed by atoms with E-state index in [9.17, 15) is 9.59 Å². The monoisotopic (exact) mass is 289 g/mol. The lowest BCUT2D eigenvalue weighted by Crippen LogP contribution is -2.27. The molecule has 21 heavy (non-hydrogen) atoms. The molecule has 1 aromatic carbocycles. The van der Waals surface area contributed by atoms with Crippen LogP contribution in [0.1, 0.15) is 38.8 Å². The molecule has 2 rings (SSSR count). The third-order valence-corrected chi connectivity index (χ3v) is 5.20. The minimum absolute atomic E-state index is 0.0108. The zero-order chi connectivity index (χ0) is 15.8. The molecule has 0 aromatic heterocycles. The summed E-state index contributed by atoms with van der Waals surface area (Å²) in [7, 11) is 0. The summed E-state index contributed by atoms with van der Waals surface area (Å²) >= 11 is 0. The van der Waals surface area contributed by atoms with Gasteiger partial charge in [-0.3, -0.25) is 9.59 Å². The smallest absolute Gasteiger partial charge is 0.307 e. The van der Waals surface area contributed by atoms with E-state index in [4.69, 9.17) is 5.11 Å². The molecule has 0 aliphatic heterocycles. The summed E-state index contributed by atoms with van der Waals surface area (Å²) in [6.07, 6.45) is -0.0214. The van der Waals surface area contributed by atoms with Gasteiger partial charge in [0.15, 0.2) is 0 Å². The Labute approximate surface area is 125 Å². The number of benzene rings is 1. The van der Waals surface area contributed by atoms with Gasteiger partial charge in [0, 0.05) is 12.5 Å². The Balaban J connectivity index is 2.01. The molecular weight excluding hydrogens is 266 g/mol.